The van der Waals surface area contributed by atoms with Gasteiger partial charge in [0.25, 0.3) is 0 Å². The van der Waals surface area contributed by atoms with Crippen LogP contribution >= 0.6 is 0 Å². The average Bonchev–Trinajstić information content (AvgIpc) is 2.14. The summed E-state index contributed by atoms with van der Waals surface area (Å²) in [5.74, 6) is 0. The van der Waals surface area contributed by atoms with Gasteiger partial charge in [-0.3, -0.25) is 5.32 Å². The van der Waals surface area contributed by atoms with Crippen molar-refractivity contribution < 1.29 is 0 Å². The predicted octanol–water partition coefficient (Wildman–Crippen LogP) is -0.159. The van der Waals surface area contributed by atoms with Crippen molar-refractivity contribution in [2.24, 2.45) is 0 Å². The molecule has 1 aliphatic heterocycles. The molecule has 0 saturated carbocycles. The second-order valence-electron chi connectivity index (χ2n) is 1.36. The van der Waals surface area contributed by atoms with Gasteiger partial charge < -0.3 is 0 Å². The minimum atomic E-state index is -0.0833. The van der Waals surface area contributed by atoms with Crippen molar-refractivity contribution in [3.05, 3.63) is 12.2 Å². The smallest absolute Gasteiger partial charge is 0.115 e. The molecule has 35 valence electrons. The van der Waals surface area contributed by atoms with E-state index in [9.17, 15) is 0 Å². The fraction of sp³-hybridized carbons (Fsp3) is 0.400. The Morgan fingerprint density at radius 3 is 3.14 bits per heavy atom. The van der Waals surface area contributed by atoms with Crippen LogP contribution in [0.1, 0.15) is 0 Å². The minimum Gasteiger partial charge on any atom is -0.295 e. The van der Waals surface area contributed by atoms with Gasteiger partial charge in [0.05, 0.1) is 6.07 Å². The van der Waals surface area contributed by atoms with Gasteiger partial charge in [-0.05, 0) is 12.2 Å². The third kappa shape index (κ3) is 0.787. The van der Waals surface area contributed by atoms with Crippen molar-refractivity contribution in [1.82, 2.24) is 5.32 Å². The third-order valence-electron chi connectivity index (χ3n) is 0.848. The molecule has 0 aliphatic carbocycles. The molecule has 1 atom stereocenters. The zero-order valence-corrected chi connectivity index (χ0v) is 3.81. The molecule has 0 fully saturated rings. The topological polar surface area (TPSA) is 35.8 Å². The normalized spacial score (nSPS) is 27.6. The number of hydrogen-bond donors (Lipinski definition) is 1. The average molecular weight is 93.1 g/mol. The van der Waals surface area contributed by atoms with Crippen LogP contribution in [0.15, 0.2) is 6.08 Å². The van der Waals surface area contributed by atoms with Gasteiger partial charge >= 0.3 is 0 Å². The molecule has 1 unspecified atom stereocenters. The zero-order chi connectivity index (χ0) is 5.11. The molecule has 0 bridgehead atoms. The van der Waals surface area contributed by atoms with Crippen LogP contribution in [0.2, 0.25) is 0 Å². The van der Waals surface area contributed by atoms with E-state index in [0.29, 0.717) is 0 Å². The van der Waals surface area contributed by atoms with E-state index in [1.54, 1.807) is 6.08 Å². The van der Waals surface area contributed by atoms with Gasteiger partial charge in [0.1, 0.15) is 6.04 Å². The Morgan fingerprint density at radius 1 is 2.00 bits per heavy atom. The van der Waals surface area contributed by atoms with Gasteiger partial charge in [-0.1, -0.05) is 0 Å². The molecule has 0 saturated heterocycles. The van der Waals surface area contributed by atoms with Crippen molar-refractivity contribution in [2.75, 3.05) is 6.54 Å². The van der Waals surface area contributed by atoms with Gasteiger partial charge in [-0.25, -0.2) is 0 Å². The SMILES string of the molecule is N#CC1C=[C]CN1. The lowest BCUT2D eigenvalue weighted by Crippen LogP contribution is -2.19. The first-order valence-corrected chi connectivity index (χ1v) is 2.13. The molecule has 0 aromatic carbocycles. The number of rotatable bonds is 0. The van der Waals surface area contributed by atoms with Gasteiger partial charge in [0.15, 0.2) is 0 Å². The second kappa shape index (κ2) is 1.76. The number of hydrogen-bond acceptors (Lipinski definition) is 2. The Balaban J connectivity index is 2.47. The third-order valence-corrected chi connectivity index (χ3v) is 0.848. The van der Waals surface area contributed by atoms with Crippen LogP contribution in [0.25, 0.3) is 0 Å². The lowest BCUT2D eigenvalue weighted by Gasteiger charge is -1.91. The maximum atomic E-state index is 8.18. The summed E-state index contributed by atoms with van der Waals surface area (Å²) >= 11 is 0. The van der Waals surface area contributed by atoms with Crippen LogP contribution in [0.5, 0.6) is 0 Å². The van der Waals surface area contributed by atoms with Gasteiger partial charge in [-0.15, -0.1) is 0 Å². The van der Waals surface area contributed by atoms with Crippen LogP contribution in [0.4, 0.5) is 0 Å². The maximum absolute atomic E-state index is 8.18. The highest BCUT2D eigenvalue weighted by Crippen LogP contribution is 1.88. The molecule has 2 nitrogen and oxygen atoms in total. The van der Waals surface area contributed by atoms with Gasteiger partial charge in [-0.2, -0.15) is 5.26 Å². The lowest BCUT2D eigenvalue weighted by molar-refractivity contribution is 0.789. The van der Waals surface area contributed by atoms with E-state index in [2.05, 4.69) is 11.4 Å². The van der Waals surface area contributed by atoms with Crippen LogP contribution in [-0.2, 0) is 0 Å². The fourth-order valence-corrected chi connectivity index (χ4v) is 0.487. The highest BCUT2D eigenvalue weighted by Gasteiger charge is 2.03. The van der Waals surface area contributed by atoms with E-state index in [-0.39, 0.29) is 6.04 Å². The van der Waals surface area contributed by atoms with Crippen LogP contribution in [-0.4, -0.2) is 12.6 Å². The van der Waals surface area contributed by atoms with Crippen molar-refractivity contribution >= 4 is 0 Å². The van der Waals surface area contributed by atoms with E-state index >= 15 is 0 Å². The van der Waals surface area contributed by atoms with Crippen LogP contribution in [0.3, 0.4) is 0 Å². The predicted molar refractivity (Wildman–Crippen MR) is 25.2 cm³/mol. The number of nitrogens with zero attached hydrogens (tertiary/aromatic N) is 1. The van der Waals surface area contributed by atoms with E-state index in [1.165, 1.54) is 0 Å². The summed E-state index contributed by atoms with van der Waals surface area (Å²) in [6.07, 6.45) is 4.60. The first kappa shape index (κ1) is 4.35. The Morgan fingerprint density at radius 2 is 2.86 bits per heavy atom. The highest BCUT2D eigenvalue weighted by atomic mass is 14.9. The molecule has 1 heterocycles. The molecule has 0 aromatic heterocycles. The Kier molecular flexibility index (Phi) is 1.10. The molecule has 0 aromatic rings. The first-order valence-electron chi connectivity index (χ1n) is 2.13. The molecule has 0 amide bonds. The monoisotopic (exact) mass is 93.0 g/mol. The van der Waals surface area contributed by atoms with Crippen LogP contribution < -0.4 is 5.32 Å². The van der Waals surface area contributed by atoms with Crippen molar-refractivity contribution in [3.63, 3.8) is 0 Å². The quantitative estimate of drug-likeness (QED) is 0.451. The summed E-state index contributed by atoms with van der Waals surface area (Å²) in [5, 5.41) is 11.1. The molecule has 2 heteroatoms. The molecule has 7 heavy (non-hydrogen) atoms. The summed E-state index contributed by atoms with van der Waals surface area (Å²) in [6.45, 7) is 0.720. The van der Waals surface area contributed by atoms with Crippen molar-refractivity contribution in [3.8, 4) is 6.07 Å². The lowest BCUT2D eigenvalue weighted by atomic mass is 10.4. The molecule has 1 aliphatic rings. The van der Waals surface area contributed by atoms with E-state index in [0.717, 1.165) is 6.54 Å². The van der Waals surface area contributed by atoms with Gasteiger partial charge in [0.2, 0.25) is 0 Å². The standard InChI is InChI=1S/C5H5N2/c6-4-5-2-1-3-7-5/h2,5,7H,3H2. The maximum Gasteiger partial charge on any atom is 0.115 e. The molecule has 1 radical (unpaired) electrons. The summed E-state index contributed by atoms with van der Waals surface area (Å²) in [4.78, 5) is 0. The Labute approximate surface area is 42.4 Å². The van der Waals surface area contributed by atoms with Gasteiger partial charge in [0, 0.05) is 6.54 Å². The molecule has 1 N–H and O–H groups in total. The highest BCUT2D eigenvalue weighted by molar-refractivity contribution is 5.08. The Hall–Kier alpha value is -0.810. The molecule has 0 spiro atoms. The first-order chi connectivity index (χ1) is 3.43. The minimum absolute atomic E-state index is 0.0833. The second-order valence-corrected chi connectivity index (χ2v) is 1.36. The summed E-state index contributed by atoms with van der Waals surface area (Å²) < 4.78 is 0. The summed E-state index contributed by atoms with van der Waals surface area (Å²) in [6, 6.07) is 1.95. The molecular formula is C5H5N2. The number of nitriles is 1. The molecule has 1 rings (SSSR count). The summed E-state index contributed by atoms with van der Waals surface area (Å²) in [5.41, 5.74) is 0. The largest absolute Gasteiger partial charge is 0.295 e. The summed E-state index contributed by atoms with van der Waals surface area (Å²) in [7, 11) is 0. The van der Waals surface area contributed by atoms with E-state index in [4.69, 9.17) is 5.26 Å². The zero-order valence-electron chi connectivity index (χ0n) is 3.81. The fourth-order valence-electron chi connectivity index (χ4n) is 0.487. The Bertz CT molecular complexity index is 121. The molecular weight excluding hydrogens is 88.1 g/mol. The van der Waals surface area contributed by atoms with E-state index < -0.39 is 0 Å². The van der Waals surface area contributed by atoms with E-state index in [1.807, 2.05) is 6.07 Å². The van der Waals surface area contributed by atoms with Crippen molar-refractivity contribution in [2.45, 2.75) is 6.04 Å². The number of nitrogens with one attached hydrogen (secondary N) is 1. The van der Waals surface area contributed by atoms with Crippen LogP contribution in [0, 0.1) is 17.4 Å². The van der Waals surface area contributed by atoms with Crippen molar-refractivity contribution in [1.29, 1.82) is 5.26 Å².